The van der Waals surface area contributed by atoms with Crippen molar-refractivity contribution in [1.29, 1.82) is 0 Å². The van der Waals surface area contributed by atoms with Gasteiger partial charge < -0.3 is 9.47 Å². The van der Waals surface area contributed by atoms with Gasteiger partial charge in [-0.3, -0.25) is 0 Å². The van der Waals surface area contributed by atoms with Crippen LogP contribution < -0.4 is 9.47 Å². The van der Waals surface area contributed by atoms with Crippen molar-refractivity contribution in [1.82, 2.24) is 0 Å². The van der Waals surface area contributed by atoms with E-state index in [9.17, 15) is 0 Å². The quantitative estimate of drug-likeness (QED) is 0.714. The molecule has 2 bridgehead atoms. The van der Waals surface area contributed by atoms with Crippen molar-refractivity contribution in [3.8, 4) is 11.5 Å². The lowest BCUT2D eigenvalue weighted by Gasteiger charge is -2.20. The van der Waals surface area contributed by atoms with Gasteiger partial charge in [0.05, 0.1) is 0 Å². The minimum Gasteiger partial charge on any atom is -0.456 e. The van der Waals surface area contributed by atoms with E-state index in [0.717, 1.165) is 26.7 Å². The Balaban J connectivity index is 2.47. The second-order valence-corrected chi connectivity index (χ2v) is 3.94. The van der Waals surface area contributed by atoms with Crippen LogP contribution in [0.1, 0.15) is 0 Å². The smallest absolute Gasteiger partial charge is 0.231 e. The summed E-state index contributed by atoms with van der Waals surface area (Å²) in [5, 5.41) is 2.26. The normalized spacial score (nSPS) is 13.5. The summed E-state index contributed by atoms with van der Waals surface area (Å²) in [6.07, 6.45) is 0. The molecule has 1 aliphatic rings. The van der Waals surface area contributed by atoms with Gasteiger partial charge in [-0.2, -0.15) is 0 Å². The van der Waals surface area contributed by atoms with E-state index in [1.54, 1.807) is 0 Å². The highest BCUT2D eigenvalue weighted by molar-refractivity contribution is 9.10. The zero-order valence-electron chi connectivity index (χ0n) is 7.29. The molecule has 2 aromatic carbocycles. The maximum atomic E-state index is 5.46. The summed E-state index contributed by atoms with van der Waals surface area (Å²) in [4.78, 5) is 0. The molecule has 2 aromatic rings. The monoisotopic (exact) mass is 250 g/mol. The molecule has 1 aliphatic heterocycles. The van der Waals surface area contributed by atoms with Gasteiger partial charge >= 0.3 is 0 Å². The molecule has 0 aromatic heterocycles. The van der Waals surface area contributed by atoms with Crippen LogP contribution in [0.5, 0.6) is 11.5 Å². The molecule has 3 heteroatoms. The van der Waals surface area contributed by atoms with Crippen molar-refractivity contribution in [2.24, 2.45) is 0 Å². The summed E-state index contributed by atoms with van der Waals surface area (Å²) >= 11 is 3.46. The SMILES string of the molecule is Brc1c2cc3ccccc3c1OCO2. The fraction of sp³-hybridized carbons (Fsp3) is 0.0909. The second kappa shape index (κ2) is 2.89. The van der Waals surface area contributed by atoms with Crippen molar-refractivity contribution in [2.45, 2.75) is 0 Å². The third-order valence-electron chi connectivity index (χ3n) is 2.33. The Kier molecular flexibility index (Phi) is 1.67. The molecule has 3 rings (SSSR count). The third-order valence-corrected chi connectivity index (χ3v) is 3.08. The van der Waals surface area contributed by atoms with Crippen molar-refractivity contribution >= 4 is 26.7 Å². The van der Waals surface area contributed by atoms with E-state index >= 15 is 0 Å². The molecule has 0 saturated carbocycles. The minimum absolute atomic E-state index is 0.296. The molecule has 0 radical (unpaired) electrons. The third kappa shape index (κ3) is 1.02. The van der Waals surface area contributed by atoms with E-state index in [0.29, 0.717) is 6.79 Å². The van der Waals surface area contributed by atoms with E-state index < -0.39 is 0 Å². The van der Waals surface area contributed by atoms with Crippen LogP contribution in [-0.4, -0.2) is 6.79 Å². The van der Waals surface area contributed by atoms with E-state index in [4.69, 9.17) is 9.47 Å². The summed E-state index contributed by atoms with van der Waals surface area (Å²) in [6, 6.07) is 10.1. The predicted octanol–water partition coefficient (Wildman–Crippen LogP) is 3.33. The van der Waals surface area contributed by atoms with Gasteiger partial charge in [-0.1, -0.05) is 24.3 Å². The summed E-state index contributed by atoms with van der Waals surface area (Å²) in [5.41, 5.74) is 0. The predicted molar refractivity (Wildman–Crippen MR) is 57.8 cm³/mol. The molecule has 0 spiro atoms. The van der Waals surface area contributed by atoms with Crippen LogP contribution in [0.15, 0.2) is 34.8 Å². The molecule has 0 fully saturated rings. The Hall–Kier alpha value is -1.22. The zero-order chi connectivity index (χ0) is 9.54. The summed E-state index contributed by atoms with van der Waals surface area (Å²) in [7, 11) is 0. The fourth-order valence-corrected chi connectivity index (χ4v) is 2.22. The van der Waals surface area contributed by atoms with Crippen LogP contribution in [0.2, 0.25) is 0 Å². The van der Waals surface area contributed by atoms with Gasteiger partial charge in [0.15, 0.2) is 0 Å². The highest BCUT2D eigenvalue weighted by Crippen LogP contribution is 2.43. The number of halogens is 1. The first-order chi connectivity index (χ1) is 6.86. The topological polar surface area (TPSA) is 18.5 Å². The highest BCUT2D eigenvalue weighted by Gasteiger charge is 2.17. The van der Waals surface area contributed by atoms with Gasteiger partial charge in [-0.25, -0.2) is 0 Å². The van der Waals surface area contributed by atoms with Crippen LogP contribution in [0.25, 0.3) is 10.8 Å². The van der Waals surface area contributed by atoms with Gasteiger partial charge in [0, 0.05) is 5.39 Å². The molecule has 70 valence electrons. The van der Waals surface area contributed by atoms with Gasteiger partial charge in [0.2, 0.25) is 6.79 Å². The molecule has 0 atom stereocenters. The van der Waals surface area contributed by atoms with Crippen LogP contribution in [0.4, 0.5) is 0 Å². The van der Waals surface area contributed by atoms with E-state index in [1.165, 1.54) is 0 Å². The second-order valence-electron chi connectivity index (χ2n) is 3.15. The molecule has 14 heavy (non-hydrogen) atoms. The Morgan fingerprint density at radius 3 is 2.93 bits per heavy atom. The van der Waals surface area contributed by atoms with Crippen LogP contribution in [-0.2, 0) is 0 Å². The Morgan fingerprint density at radius 2 is 2.00 bits per heavy atom. The van der Waals surface area contributed by atoms with E-state index in [1.807, 2.05) is 30.3 Å². The van der Waals surface area contributed by atoms with Gasteiger partial charge in [0.1, 0.15) is 16.0 Å². The van der Waals surface area contributed by atoms with Crippen molar-refractivity contribution in [3.05, 3.63) is 34.8 Å². The average Bonchev–Trinajstić information content (AvgIpc) is 2.18. The molecular formula is C11H7BrO2. The number of hydrogen-bond donors (Lipinski definition) is 0. The van der Waals surface area contributed by atoms with Gasteiger partial charge in [-0.15, -0.1) is 0 Å². The number of fused-ring (bicyclic) bond motifs is 4. The number of ether oxygens (including phenoxy) is 2. The van der Waals surface area contributed by atoms with E-state index in [-0.39, 0.29) is 0 Å². The van der Waals surface area contributed by atoms with Crippen LogP contribution >= 0.6 is 15.9 Å². The van der Waals surface area contributed by atoms with Crippen LogP contribution in [0.3, 0.4) is 0 Å². The van der Waals surface area contributed by atoms with Gasteiger partial charge in [0.25, 0.3) is 0 Å². The van der Waals surface area contributed by atoms with Crippen molar-refractivity contribution < 1.29 is 9.47 Å². The van der Waals surface area contributed by atoms with Gasteiger partial charge in [-0.05, 0) is 27.4 Å². The molecule has 1 heterocycles. The average molecular weight is 251 g/mol. The Morgan fingerprint density at radius 1 is 1.14 bits per heavy atom. The summed E-state index contributed by atoms with van der Waals surface area (Å²) in [5.74, 6) is 1.73. The number of benzene rings is 2. The van der Waals surface area contributed by atoms with E-state index in [2.05, 4.69) is 15.9 Å². The summed E-state index contributed by atoms with van der Waals surface area (Å²) < 4.78 is 11.7. The first-order valence-corrected chi connectivity index (χ1v) is 5.12. The Labute approximate surface area is 89.6 Å². The minimum atomic E-state index is 0.296. The molecule has 0 amide bonds. The first kappa shape index (κ1) is 8.12. The fourth-order valence-electron chi connectivity index (χ4n) is 1.66. The first-order valence-electron chi connectivity index (χ1n) is 4.33. The lowest BCUT2D eigenvalue weighted by atomic mass is 10.1. The lowest BCUT2D eigenvalue weighted by Crippen LogP contribution is -2.11. The molecule has 0 N–H and O–H groups in total. The molecule has 2 nitrogen and oxygen atoms in total. The maximum Gasteiger partial charge on any atom is 0.231 e. The highest BCUT2D eigenvalue weighted by atomic mass is 79.9. The molecule has 0 aliphatic carbocycles. The number of hydrogen-bond acceptors (Lipinski definition) is 2. The largest absolute Gasteiger partial charge is 0.456 e. The van der Waals surface area contributed by atoms with Crippen molar-refractivity contribution in [2.75, 3.05) is 6.79 Å². The molecular weight excluding hydrogens is 244 g/mol. The molecule has 0 saturated heterocycles. The van der Waals surface area contributed by atoms with Crippen molar-refractivity contribution in [3.63, 3.8) is 0 Å². The zero-order valence-corrected chi connectivity index (χ0v) is 8.87. The lowest BCUT2D eigenvalue weighted by molar-refractivity contribution is 0.105. The standard InChI is InChI=1S/C11H7BrO2/c12-10-9-5-7-3-1-2-4-8(7)11(10)14-6-13-9/h1-5H,6H2. The Bertz CT molecular complexity index is 508. The maximum absolute atomic E-state index is 5.46. The summed E-state index contributed by atoms with van der Waals surface area (Å²) in [6.45, 7) is 0.296. The van der Waals surface area contributed by atoms with Crippen LogP contribution in [0, 0.1) is 0 Å². The number of rotatable bonds is 0. The molecule has 0 unspecified atom stereocenters.